The number of ether oxygens (including phenoxy) is 4. The first-order chi connectivity index (χ1) is 40.4. The molecule has 0 aromatic heterocycles. The van der Waals surface area contributed by atoms with Crippen LogP contribution in [0.5, 0.6) is 17.2 Å². The molecule has 0 fully saturated rings. The van der Waals surface area contributed by atoms with Crippen molar-refractivity contribution < 1.29 is 63.2 Å². The van der Waals surface area contributed by atoms with Crippen molar-refractivity contribution in [3.63, 3.8) is 0 Å². The van der Waals surface area contributed by atoms with Crippen LogP contribution in [0.25, 0.3) is 0 Å². The summed E-state index contributed by atoms with van der Waals surface area (Å²) >= 11 is 0. The van der Waals surface area contributed by atoms with Crippen molar-refractivity contribution in [2.45, 2.75) is 118 Å². The number of hydroxylamine groups is 9. The minimum absolute atomic E-state index is 0.00148. The molecule has 7 rings (SSSR count). The molecule has 0 aliphatic carbocycles. The molecule has 0 atom stereocenters. The lowest BCUT2D eigenvalue weighted by Crippen LogP contribution is -2.52. The molecule has 2 aliphatic rings. The van der Waals surface area contributed by atoms with Crippen LogP contribution < -0.4 is 45.4 Å². The smallest absolute Gasteiger partial charge is 0.346 e. The van der Waals surface area contributed by atoms with Gasteiger partial charge in [-0.25, -0.2) is 14.4 Å². The highest BCUT2D eigenvalue weighted by Crippen LogP contribution is 2.39. The third-order valence-corrected chi connectivity index (χ3v) is 14.4. The van der Waals surface area contributed by atoms with Gasteiger partial charge in [-0.2, -0.15) is 15.2 Å². The second kappa shape index (κ2) is 32.0. The second-order valence-electron chi connectivity index (χ2n) is 21.5. The number of ketones is 1. The Morgan fingerprint density at radius 2 is 0.977 bits per heavy atom. The van der Waals surface area contributed by atoms with E-state index in [1.807, 2.05) is 39.0 Å². The summed E-state index contributed by atoms with van der Waals surface area (Å²) in [7, 11) is 5.98. The lowest BCUT2D eigenvalue weighted by atomic mass is 9.84. The first-order valence-corrected chi connectivity index (χ1v) is 27.4. The highest BCUT2D eigenvalue weighted by Gasteiger charge is 2.55. The van der Waals surface area contributed by atoms with E-state index in [0.717, 1.165) is 26.0 Å². The van der Waals surface area contributed by atoms with Gasteiger partial charge in [0.1, 0.15) is 57.4 Å². The molecule has 6 amide bonds. The Kier molecular flexibility index (Phi) is 26.6. The summed E-state index contributed by atoms with van der Waals surface area (Å²) in [6.07, 6.45) is 0.811. The van der Waals surface area contributed by atoms with Crippen LogP contribution in [0.4, 0.5) is 31.4 Å². The van der Waals surface area contributed by atoms with Crippen molar-refractivity contribution in [2.75, 3.05) is 63.3 Å². The molecule has 0 radical (unpaired) electrons. The number of carbonyl (C=O) groups is 4. The number of nitrogens with zero attached hydrogens (tertiary/aromatic N) is 7. The number of Topliss-reactive ketones (excluding diaryl/α,β-unsaturated/α-hetero) is 1. The number of amides is 6. The van der Waals surface area contributed by atoms with Crippen LogP contribution >= 0.6 is 0 Å². The fourth-order valence-electron chi connectivity index (χ4n) is 7.80. The van der Waals surface area contributed by atoms with Gasteiger partial charge >= 0.3 is 18.1 Å². The fourth-order valence-corrected chi connectivity index (χ4v) is 7.80. The summed E-state index contributed by atoms with van der Waals surface area (Å²) in [6, 6.07) is 33.7. The van der Waals surface area contributed by atoms with E-state index in [1.54, 1.807) is 154 Å². The van der Waals surface area contributed by atoms with Crippen molar-refractivity contribution in [2.24, 2.45) is 0 Å². The van der Waals surface area contributed by atoms with E-state index in [1.165, 1.54) is 45.6 Å². The molecule has 470 valence electrons. The summed E-state index contributed by atoms with van der Waals surface area (Å²) in [6.45, 7) is 22.5. The molecule has 25 nitrogen and oxygen atoms in total. The molecule has 0 spiro atoms. The third kappa shape index (κ3) is 17.2. The summed E-state index contributed by atoms with van der Waals surface area (Å²) in [5, 5.41) is 89.1. The Hall–Kier alpha value is -8.72. The highest BCUT2D eigenvalue weighted by molar-refractivity contribution is 5.99. The Morgan fingerprint density at radius 1 is 0.558 bits per heavy atom. The molecular formula is C61H84N10O15-2. The van der Waals surface area contributed by atoms with Crippen molar-refractivity contribution in [3.05, 3.63) is 165 Å². The number of carbonyl (C=O) groups excluding carboxylic acids is 4. The average molecular weight is 1200 g/mol. The number of rotatable bonds is 15. The quantitative estimate of drug-likeness (QED) is 0.0187. The minimum atomic E-state index is -0.788. The van der Waals surface area contributed by atoms with E-state index in [-0.39, 0.29) is 35.8 Å². The first-order valence-electron chi connectivity index (χ1n) is 27.4. The number of urea groups is 3. The molecule has 6 N–H and O–H groups in total. The molecule has 5 aromatic carbocycles. The Labute approximate surface area is 503 Å². The van der Waals surface area contributed by atoms with Crippen LogP contribution in [-0.2, 0) is 4.74 Å². The van der Waals surface area contributed by atoms with E-state index < -0.39 is 40.2 Å². The van der Waals surface area contributed by atoms with E-state index in [2.05, 4.69) is 16.0 Å². The number of para-hydroxylation sites is 4. The lowest BCUT2D eigenvalue weighted by molar-refractivity contribution is -0.539. The fraction of sp³-hybridized carbons (Fsp3) is 0.410. The van der Waals surface area contributed by atoms with Gasteiger partial charge in [-0.15, -0.1) is 0 Å². The molecule has 0 saturated carbocycles. The van der Waals surface area contributed by atoms with E-state index in [4.69, 9.17) is 18.9 Å². The maximum absolute atomic E-state index is 12.4. The topological polar surface area (TPSA) is 316 Å². The second-order valence-corrected chi connectivity index (χ2v) is 21.5. The van der Waals surface area contributed by atoms with Crippen molar-refractivity contribution in [1.29, 1.82) is 0 Å². The van der Waals surface area contributed by atoms with Crippen LogP contribution in [0, 0.1) is 20.8 Å². The molecule has 86 heavy (non-hydrogen) atoms. The van der Waals surface area contributed by atoms with Crippen molar-refractivity contribution in [3.8, 4) is 17.2 Å². The molecule has 5 aromatic rings. The SMILES string of the molecule is CC1(C)N([O-])C(c2ccccc2)=[N+]([O-])C1(C)C.CCCNC(=O)N(O)c1ccccc1OC.CCNC(=O)N(O)c1ccc(C(=O)COC)cc1.COc1ccc(C2=[N+]([O-])C(C)(C)C(C)(C)N2[O-])cc1.COc1ccccc1N(O)C(=O)NC(C)C. The molecule has 2 aliphatic heterocycles. The maximum Gasteiger partial charge on any atom is 0.346 e. The monoisotopic (exact) mass is 1200 g/mol. The zero-order valence-electron chi connectivity index (χ0n) is 51.9. The van der Waals surface area contributed by atoms with Crippen LogP contribution in [0.2, 0.25) is 0 Å². The Balaban J connectivity index is 0.000000282. The van der Waals surface area contributed by atoms with Gasteiger partial charge in [0, 0.05) is 31.8 Å². The van der Waals surface area contributed by atoms with Crippen molar-refractivity contribution >= 4 is 52.6 Å². The maximum atomic E-state index is 12.4. The molecule has 2 heterocycles. The zero-order chi connectivity index (χ0) is 64.9. The van der Waals surface area contributed by atoms with Gasteiger partial charge in [-0.3, -0.25) is 40.0 Å². The summed E-state index contributed by atoms with van der Waals surface area (Å²) < 4.78 is 21.5. The predicted molar refractivity (Wildman–Crippen MR) is 329 cm³/mol. The number of amidine groups is 2. The van der Waals surface area contributed by atoms with Gasteiger partial charge in [-0.05, 0) is 168 Å². The Bertz CT molecular complexity index is 3070. The predicted octanol–water partition coefficient (Wildman–Crippen LogP) is 10.1. The first kappa shape index (κ1) is 71.5. The highest BCUT2D eigenvalue weighted by atomic mass is 16.6. The summed E-state index contributed by atoms with van der Waals surface area (Å²) in [5.74, 6) is 1.75. The molecule has 0 bridgehead atoms. The van der Waals surface area contributed by atoms with Gasteiger partial charge in [0.2, 0.25) is 0 Å². The Morgan fingerprint density at radius 3 is 1.36 bits per heavy atom. The van der Waals surface area contributed by atoms with Crippen LogP contribution in [0.1, 0.15) is 111 Å². The van der Waals surface area contributed by atoms with E-state index >= 15 is 0 Å². The normalized spacial score (nSPS) is 14.7. The number of hydrogen-bond donors (Lipinski definition) is 6. The van der Waals surface area contributed by atoms with Crippen LogP contribution in [0.3, 0.4) is 0 Å². The van der Waals surface area contributed by atoms with Gasteiger partial charge < -0.3 is 55.7 Å². The number of nitrogens with one attached hydrogen (secondary N) is 3. The molecule has 0 unspecified atom stereocenters. The number of anilines is 3. The van der Waals surface area contributed by atoms with Crippen LogP contribution in [-0.4, -0.2) is 147 Å². The van der Waals surface area contributed by atoms with Crippen molar-refractivity contribution in [1.82, 2.24) is 26.1 Å². The zero-order valence-corrected chi connectivity index (χ0v) is 51.9. The van der Waals surface area contributed by atoms with Gasteiger partial charge in [-0.1, -0.05) is 49.4 Å². The van der Waals surface area contributed by atoms with Gasteiger partial charge in [0.25, 0.3) is 11.7 Å². The number of benzene rings is 5. The number of hydrogen-bond acceptors (Lipinski definition) is 17. The lowest BCUT2D eigenvalue weighted by Gasteiger charge is -2.39. The van der Waals surface area contributed by atoms with Gasteiger partial charge in [0.05, 0.1) is 38.1 Å². The summed E-state index contributed by atoms with van der Waals surface area (Å²) in [5.41, 5.74) is -0.435. The number of methoxy groups -OCH3 is 4. The molecular weight excluding hydrogens is 1110 g/mol. The minimum Gasteiger partial charge on any atom is -0.715 e. The van der Waals surface area contributed by atoms with Crippen LogP contribution in [0.15, 0.2) is 127 Å². The van der Waals surface area contributed by atoms with E-state index in [9.17, 15) is 55.6 Å². The summed E-state index contributed by atoms with van der Waals surface area (Å²) in [4.78, 5) is 45.8. The van der Waals surface area contributed by atoms with Gasteiger partial charge in [0.15, 0.2) is 5.78 Å². The largest absolute Gasteiger partial charge is 0.715 e. The average Bonchev–Trinajstić information content (AvgIpc) is 1.62. The molecule has 25 heteroatoms. The standard InChI is InChI=1S/C14H19N2O3.C13H17N2O2.C12H16N2O4.2C11H16N2O3/c1-13(2)14(3,4)16(18)12(15(13)17)10-6-8-11(19-5)9-7-10;1-12(2)13(3,4)15(17)11(14(12)16)10-8-6-5-7-9-10;1-3-13-12(16)14(17)10-6-4-9(5-7-10)11(15)8-18-2;1-8(2)12-11(14)13(15)9-6-4-5-7-10(9)16-3;1-3-8-12-11(14)13(15)9-6-4-5-7-10(9)16-2/h6-9H,1-5H3;5-9H,1-4H3;4-7,17H,3,8H2,1-2H3,(H,13,16);4-8,15H,1-3H3,(H,12,14);4-7,15H,3,8H2,1-2H3,(H,12,14)/q2*-1;;;. The van der Waals surface area contributed by atoms with E-state index in [0.29, 0.717) is 73.6 Å². The molecule has 0 saturated heterocycles. The third-order valence-electron chi connectivity index (χ3n) is 14.4.